The number of aromatic hydroxyl groups is 1. The van der Waals surface area contributed by atoms with E-state index in [1.807, 2.05) is 0 Å². The lowest BCUT2D eigenvalue weighted by molar-refractivity contribution is 0.102. The van der Waals surface area contributed by atoms with E-state index in [9.17, 15) is 9.90 Å². The number of hydrogen-bond acceptors (Lipinski definition) is 4. The van der Waals surface area contributed by atoms with Gasteiger partial charge in [-0.1, -0.05) is 11.6 Å². The Bertz CT molecular complexity index is 617. The number of pyridine rings is 1. The molecule has 0 aliphatic rings. The Morgan fingerprint density at radius 1 is 1.42 bits per heavy atom. The highest BCUT2D eigenvalue weighted by molar-refractivity contribution is 6.32. The molecule has 2 aromatic rings. The van der Waals surface area contributed by atoms with Crippen LogP contribution in [0.3, 0.4) is 0 Å². The van der Waals surface area contributed by atoms with Crippen LogP contribution in [0.4, 0.5) is 5.69 Å². The molecule has 1 aromatic carbocycles. The molecule has 2 N–H and O–H groups in total. The molecule has 98 valence electrons. The van der Waals surface area contributed by atoms with Gasteiger partial charge < -0.3 is 15.2 Å². The molecule has 0 aliphatic carbocycles. The van der Waals surface area contributed by atoms with E-state index < -0.39 is 0 Å². The summed E-state index contributed by atoms with van der Waals surface area (Å²) >= 11 is 5.77. The maximum atomic E-state index is 12.1. The number of methoxy groups -OCH3 is 1. The van der Waals surface area contributed by atoms with Gasteiger partial charge in [0.1, 0.15) is 11.5 Å². The van der Waals surface area contributed by atoms with Crippen molar-refractivity contribution in [2.24, 2.45) is 0 Å². The molecule has 0 saturated carbocycles. The summed E-state index contributed by atoms with van der Waals surface area (Å²) in [7, 11) is 1.46. The van der Waals surface area contributed by atoms with Crippen molar-refractivity contribution in [1.29, 1.82) is 0 Å². The molecule has 1 amide bonds. The predicted molar refractivity (Wildman–Crippen MR) is 71.9 cm³/mol. The number of ether oxygens (including phenoxy) is 1. The second-order valence-electron chi connectivity index (χ2n) is 3.70. The summed E-state index contributed by atoms with van der Waals surface area (Å²) in [4.78, 5) is 15.9. The van der Waals surface area contributed by atoms with Crippen molar-refractivity contribution < 1.29 is 14.6 Å². The predicted octanol–water partition coefficient (Wildman–Crippen LogP) is 2.70. The Hall–Kier alpha value is -2.27. The molecule has 0 unspecified atom stereocenters. The molecule has 0 spiro atoms. The van der Waals surface area contributed by atoms with Crippen molar-refractivity contribution in [3.05, 3.63) is 47.2 Å². The standard InChI is InChI=1S/C13H11ClN2O3/c1-19-12-7-15-5-4-9(12)13(18)16-8-2-3-11(17)10(14)6-8/h2-7,17H,1H3,(H,16,18). The zero-order valence-electron chi connectivity index (χ0n) is 10.1. The minimum atomic E-state index is -0.346. The number of halogens is 1. The van der Waals surface area contributed by atoms with Gasteiger partial charge in [0.25, 0.3) is 5.91 Å². The van der Waals surface area contributed by atoms with Gasteiger partial charge in [-0.05, 0) is 24.3 Å². The Balaban J connectivity index is 2.23. The van der Waals surface area contributed by atoms with Crippen molar-refractivity contribution in [3.8, 4) is 11.5 Å². The molecule has 0 saturated heterocycles. The van der Waals surface area contributed by atoms with Crippen LogP contribution in [-0.2, 0) is 0 Å². The molecule has 2 rings (SSSR count). The highest BCUT2D eigenvalue weighted by atomic mass is 35.5. The average molecular weight is 279 g/mol. The van der Waals surface area contributed by atoms with Gasteiger partial charge >= 0.3 is 0 Å². The SMILES string of the molecule is COc1cnccc1C(=O)Nc1ccc(O)c(Cl)c1. The number of carbonyl (C=O) groups is 1. The third-order valence-corrected chi connectivity index (χ3v) is 2.76. The van der Waals surface area contributed by atoms with Crippen LogP contribution < -0.4 is 10.1 Å². The lowest BCUT2D eigenvalue weighted by Gasteiger charge is -2.09. The van der Waals surface area contributed by atoms with E-state index in [4.69, 9.17) is 16.3 Å². The maximum Gasteiger partial charge on any atom is 0.259 e. The molecule has 0 fully saturated rings. The molecule has 1 heterocycles. The van der Waals surface area contributed by atoms with Crippen molar-refractivity contribution in [2.75, 3.05) is 12.4 Å². The number of nitrogens with one attached hydrogen (secondary N) is 1. The fraction of sp³-hybridized carbons (Fsp3) is 0.0769. The molecule has 0 radical (unpaired) electrons. The van der Waals surface area contributed by atoms with E-state index in [0.29, 0.717) is 17.0 Å². The molecule has 0 bridgehead atoms. The first-order valence-corrected chi connectivity index (χ1v) is 5.77. The van der Waals surface area contributed by atoms with Crippen LogP contribution >= 0.6 is 11.6 Å². The maximum absolute atomic E-state index is 12.1. The number of amides is 1. The highest BCUT2D eigenvalue weighted by Crippen LogP contribution is 2.26. The van der Waals surface area contributed by atoms with Crippen LogP contribution in [0.1, 0.15) is 10.4 Å². The number of phenols is 1. The summed E-state index contributed by atoms with van der Waals surface area (Å²) in [5, 5.41) is 12.1. The van der Waals surface area contributed by atoms with Gasteiger partial charge in [-0.2, -0.15) is 0 Å². The Morgan fingerprint density at radius 2 is 2.21 bits per heavy atom. The zero-order valence-corrected chi connectivity index (χ0v) is 10.8. The highest BCUT2D eigenvalue weighted by Gasteiger charge is 2.12. The summed E-state index contributed by atoms with van der Waals surface area (Å²) in [6.45, 7) is 0. The number of phenolic OH excluding ortho intramolecular Hbond substituents is 1. The first-order chi connectivity index (χ1) is 9.11. The minimum absolute atomic E-state index is 0.0406. The van der Waals surface area contributed by atoms with E-state index in [2.05, 4.69) is 10.3 Å². The van der Waals surface area contributed by atoms with Crippen LogP contribution in [-0.4, -0.2) is 23.1 Å². The molecule has 0 aliphatic heterocycles. The summed E-state index contributed by atoms with van der Waals surface area (Å²) in [5.74, 6) is -0.00737. The number of carbonyl (C=O) groups excluding carboxylic acids is 1. The fourth-order valence-corrected chi connectivity index (χ4v) is 1.69. The lowest BCUT2D eigenvalue weighted by atomic mass is 10.2. The van der Waals surface area contributed by atoms with Crippen LogP contribution in [0.2, 0.25) is 5.02 Å². The summed E-state index contributed by atoms with van der Waals surface area (Å²) in [6.07, 6.45) is 2.96. The van der Waals surface area contributed by atoms with Crippen LogP contribution in [0.25, 0.3) is 0 Å². The van der Waals surface area contributed by atoms with E-state index >= 15 is 0 Å². The van der Waals surface area contributed by atoms with Crippen molar-refractivity contribution in [2.45, 2.75) is 0 Å². The minimum Gasteiger partial charge on any atom is -0.506 e. The third kappa shape index (κ3) is 2.95. The van der Waals surface area contributed by atoms with Crippen LogP contribution in [0, 0.1) is 0 Å². The molecule has 6 heteroatoms. The quantitative estimate of drug-likeness (QED) is 0.847. The van der Waals surface area contributed by atoms with Gasteiger partial charge in [-0.25, -0.2) is 0 Å². The Labute approximate surface area is 114 Å². The summed E-state index contributed by atoms with van der Waals surface area (Å²) in [6, 6.07) is 5.97. The molecular formula is C13H11ClN2O3. The zero-order chi connectivity index (χ0) is 13.8. The van der Waals surface area contributed by atoms with Crippen molar-refractivity contribution >= 4 is 23.2 Å². The number of hydrogen-bond donors (Lipinski definition) is 2. The second-order valence-corrected chi connectivity index (χ2v) is 4.10. The van der Waals surface area contributed by atoms with Gasteiger partial charge in [0.2, 0.25) is 0 Å². The van der Waals surface area contributed by atoms with E-state index in [-0.39, 0.29) is 16.7 Å². The second kappa shape index (κ2) is 5.58. The number of nitrogens with zero attached hydrogens (tertiary/aromatic N) is 1. The fourth-order valence-electron chi connectivity index (χ4n) is 1.51. The van der Waals surface area contributed by atoms with Gasteiger partial charge in [-0.3, -0.25) is 9.78 Å². The molecular weight excluding hydrogens is 268 g/mol. The van der Waals surface area contributed by atoms with Gasteiger partial charge in [0.05, 0.1) is 23.9 Å². The first kappa shape index (κ1) is 13.2. The topological polar surface area (TPSA) is 71.5 Å². The first-order valence-electron chi connectivity index (χ1n) is 5.39. The van der Waals surface area contributed by atoms with Crippen LogP contribution in [0.15, 0.2) is 36.7 Å². The lowest BCUT2D eigenvalue weighted by Crippen LogP contribution is -2.13. The number of anilines is 1. The Morgan fingerprint density at radius 3 is 2.89 bits per heavy atom. The monoisotopic (exact) mass is 278 g/mol. The summed E-state index contributed by atoms with van der Waals surface area (Å²) in [5.41, 5.74) is 0.841. The van der Waals surface area contributed by atoms with E-state index in [1.54, 1.807) is 12.1 Å². The molecule has 0 atom stereocenters. The molecule has 19 heavy (non-hydrogen) atoms. The molecule has 1 aromatic heterocycles. The average Bonchev–Trinajstić information content (AvgIpc) is 2.43. The number of benzene rings is 1. The smallest absolute Gasteiger partial charge is 0.259 e. The third-order valence-electron chi connectivity index (χ3n) is 2.45. The van der Waals surface area contributed by atoms with Gasteiger partial charge in [0, 0.05) is 11.9 Å². The normalized spacial score (nSPS) is 10.0. The number of rotatable bonds is 3. The largest absolute Gasteiger partial charge is 0.506 e. The van der Waals surface area contributed by atoms with Crippen molar-refractivity contribution in [3.63, 3.8) is 0 Å². The van der Waals surface area contributed by atoms with Gasteiger partial charge in [-0.15, -0.1) is 0 Å². The van der Waals surface area contributed by atoms with Gasteiger partial charge in [0.15, 0.2) is 0 Å². The van der Waals surface area contributed by atoms with E-state index in [1.165, 1.54) is 31.6 Å². The summed E-state index contributed by atoms with van der Waals surface area (Å²) < 4.78 is 5.06. The Kier molecular flexibility index (Phi) is 3.87. The van der Waals surface area contributed by atoms with Crippen molar-refractivity contribution in [1.82, 2.24) is 4.98 Å². The van der Waals surface area contributed by atoms with E-state index in [0.717, 1.165) is 0 Å². The number of aromatic nitrogens is 1. The van der Waals surface area contributed by atoms with Crippen LogP contribution in [0.5, 0.6) is 11.5 Å². The molecule has 5 nitrogen and oxygen atoms in total.